The van der Waals surface area contributed by atoms with Crippen LogP contribution in [0.1, 0.15) is 55.1 Å². The Kier molecular flexibility index (Phi) is 5.75. The lowest BCUT2D eigenvalue weighted by Crippen LogP contribution is -2.15. The number of rotatable bonds is 4. The Morgan fingerprint density at radius 1 is 1.22 bits per heavy atom. The van der Waals surface area contributed by atoms with E-state index >= 15 is 0 Å². The number of amides is 1. The van der Waals surface area contributed by atoms with Crippen molar-refractivity contribution in [2.45, 2.75) is 52.0 Å². The van der Waals surface area contributed by atoms with Gasteiger partial charge in [0.2, 0.25) is 0 Å². The second kappa shape index (κ2) is 8.22. The molecule has 0 spiro atoms. The van der Waals surface area contributed by atoms with Gasteiger partial charge in [-0.3, -0.25) is 4.79 Å². The molecule has 27 heavy (non-hydrogen) atoms. The molecule has 1 N–H and O–H groups in total. The lowest BCUT2D eigenvalue weighted by Gasteiger charge is -2.26. The number of aryl methyl sites for hydroxylation is 1. The smallest absolute Gasteiger partial charge is 0.266 e. The first-order valence-electron chi connectivity index (χ1n) is 9.36. The van der Waals surface area contributed by atoms with Crippen molar-refractivity contribution in [3.8, 4) is 6.07 Å². The molecule has 2 aromatic rings. The molecule has 0 bridgehead atoms. The van der Waals surface area contributed by atoms with Gasteiger partial charge in [-0.25, -0.2) is 4.39 Å². The van der Waals surface area contributed by atoms with Crippen LogP contribution in [0.5, 0.6) is 0 Å². The van der Waals surface area contributed by atoms with Crippen molar-refractivity contribution in [1.82, 2.24) is 4.57 Å². The minimum absolute atomic E-state index is 0.0308. The molecule has 0 unspecified atom stereocenters. The summed E-state index contributed by atoms with van der Waals surface area (Å²) in [5, 5.41) is 12.1. The average Bonchev–Trinajstić information content (AvgIpc) is 2.95. The molecule has 5 heteroatoms. The molecule has 1 aliphatic rings. The van der Waals surface area contributed by atoms with Gasteiger partial charge in [0.25, 0.3) is 5.91 Å². The van der Waals surface area contributed by atoms with Crippen LogP contribution in [0.4, 0.5) is 10.1 Å². The number of carbonyl (C=O) groups is 1. The lowest BCUT2D eigenvalue weighted by molar-refractivity contribution is -0.112. The van der Waals surface area contributed by atoms with E-state index < -0.39 is 5.91 Å². The zero-order chi connectivity index (χ0) is 19.4. The Morgan fingerprint density at radius 2 is 1.89 bits per heavy atom. The molecule has 1 aromatic carbocycles. The van der Waals surface area contributed by atoms with E-state index in [2.05, 4.69) is 16.8 Å². The molecular formula is C22H24FN3O. The number of nitriles is 1. The van der Waals surface area contributed by atoms with E-state index in [0.29, 0.717) is 11.7 Å². The van der Waals surface area contributed by atoms with Crippen LogP contribution in [-0.2, 0) is 4.79 Å². The summed E-state index contributed by atoms with van der Waals surface area (Å²) in [5.74, 6) is -0.870. The molecule has 0 atom stereocenters. The predicted octanol–water partition coefficient (Wildman–Crippen LogP) is 5.29. The largest absolute Gasteiger partial charge is 0.346 e. The van der Waals surface area contributed by atoms with Gasteiger partial charge in [-0.05, 0) is 68.7 Å². The molecule has 140 valence electrons. The first kappa shape index (κ1) is 18.9. The van der Waals surface area contributed by atoms with Gasteiger partial charge >= 0.3 is 0 Å². The van der Waals surface area contributed by atoms with Gasteiger partial charge in [0.1, 0.15) is 17.5 Å². The molecule has 1 fully saturated rings. The quantitative estimate of drug-likeness (QED) is 0.591. The number of nitrogens with one attached hydrogen (secondary N) is 1. The van der Waals surface area contributed by atoms with Gasteiger partial charge in [-0.15, -0.1) is 0 Å². The Hall–Kier alpha value is -2.87. The van der Waals surface area contributed by atoms with Crippen LogP contribution < -0.4 is 5.32 Å². The summed E-state index contributed by atoms with van der Waals surface area (Å²) in [4.78, 5) is 12.4. The third-order valence-electron chi connectivity index (χ3n) is 5.23. The van der Waals surface area contributed by atoms with E-state index in [1.807, 2.05) is 19.1 Å². The second-order valence-electron chi connectivity index (χ2n) is 7.12. The number of hydrogen-bond acceptors (Lipinski definition) is 2. The summed E-state index contributed by atoms with van der Waals surface area (Å²) in [7, 11) is 0. The predicted molar refractivity (Wildman–Crippen MR) is 105 cm³/mol. The number of halogens is 1. The SMILES string of the molecule is Cc1cc(/C=C(/C#N)C(=O)Nc2ccc(F)cc2)c(C)n1C1CCCCC1. The number of hydrogen-bond donors (Lipinski definition) is 1. The first-order valence-corrected chi connectivity index (χ1v) is 9.36. The molecule has 0 aliphatic heterocycles. The molecule has 1 aliphatic carbocycles. The topological polar surface area (TPSA) is 57.8 Å². The minimum atomic E-state index is -0.494. The van der Waals surface area contributed by atoms with Crippen molar-refractivity contribution >= 4 is 17.7 Å². The molecule has 0 saturated heterocycles. The fraction of sp³-hybridized carbons (Fsp3) is 0.364. The highest BCUT2D eigenvalue weighted by molar-refractivity contribution is 6.09. The molecule has 1 aromatic heterocycles. The van der Waals surface area contributed by atoms with Crippen LogP contribution in [0.15, 0.2) is 35.9 Å². The third-order valence-corrected chi connectivity index (χ3v) is 5.23. The molecule has 3 rings (SSSR count). The van der Waals surface area contributed by atoms with Crippen LogP contribution in [0.2, 0.25) is 0 Å². The summed E-state index contributed by atoms with van der Waals surface area (Å²) >= 11 is 0. The van der Waals surface area contributed by atoms with Gasteiger partial charge in [0.05, 0.1) is 0 Å². The van der Waals surface area contributed by atoms with E-state index in [4.69, 9.17) is 0 Å². The standard InChI is InChI=1S/C22H24FN3O/c1-15-12-17(16(2)26(15)21-6-4-3-5-7-21)13-18(14-24)22(27)25-20-10-8-19(23)9-11-20/h8-13,21H,3-7H2,1-2H3,(H,25,27)/b18-13-. The number of anilines is 1. The highest BCUT2D eigenvalue weighted by Gasteiger charge is 2.20. The maximum Gasteiger partial charge on any atom is 0.266 e. The number of carbonyl (C=O) groups excluding carboxylic acids is 1. The van der Waals surface area contributed by atoms with Crippen molar-refractivity contribution in [2.24, 2.45) is 0 Å². The maximum absolute atomic E-state index is 13.0. The van der Waals surface area contributed by atoms with Crippen LogP contribution in [0, 0.1) is 31.0 Å². The Bertz CT molecular complexity index is 897. The Labute approximate surface area is 159 Å². The Balaban J connectivity index is 1.84. The van der Waals surface area contributed by atoms with Gasteiger partial charge in [-0.2, -0.15) is 5.26 Å². The highest BCUT2D eigenvalue weighted by atomic mass is 19.1. The summed E-state index contributed by atoms with van der Waals surface area (Å²) < 4.78 is 15.3. The monoisotopic (exact) mass is 365 g/mol. The van der Waals surface area contributed by atoms with E-state index in [9.17, 15) is 14.4 Å². The van der Waals surface area contributed by atoms with Gasteiger partial charge in [-0.1, -0.05) is 19.3 Å². The highest BCUT2D eigenvalue weighted by Crippen LogP contribution is 2.32. The van der Waals surface area contributed by atoms with Crippen molar-refractivity contribution in [1.29, 1.82) is 5.26 Å². The van der Waals surface area contributed by atoms with Crippen molar-refractivity contribution in [2.75, 3.05) is 5.32 Å². The summed E-state index contributed by atoms with van der Waals surface area (Å²) in [5.41, 5.74) is 3.62. The molecule has 1 saturated carbocycles. The summed E-state index contributed by atoms with van der Waals surface area (Å²) in [6, 6.07) is 9.99. The van der Waals surface area contributed by atoms with Gasteiger partial charge < -0.3 is 9.88 Å². The van der Waals surface area contributed by atoms with Crippen molar-refractivity contribution in [3.63, 3.8) is 0 Å². The fourth-order valence-corrected chi connectivity index (χ4v) is 3.89. The van der Waals surface area contributed by atoms with Crippen LogP contribution in [0.25, 0.3) is 6.08 Å². The number of benzene rings is 1. The molecule has 1 heterocycles. The van der Waals surface area contributed by atoms with E-state index in [-0.39, 0.29) is 11.4 Å². The van der Waals surface area contributed by atoms with E-state index in [1.54, 1.807) is 6.08 Å². The second-order valence-corrected chi connectivity index (χ2v) is 7.12. The zero-order valence-electron chi connectivity index (χ0n) is 15.8. The minimum Gasteiger partial charge on any atom is -0.346 e. The summed E-state index contributed by atoms with van der Waals surface area (Å²) in [6.07, 6.45) is 7.78. The Morgan fingerprint density at radius 3 is 2.52 bits per heavy atom. The van der Waals surface area contributed by atoms with Gasteiger partial charge in [0.15, 0.2) is 0 Å². The maximum atomic E-state index is 13.0. The van der Waals surface area contributed by atoms with Crippen LogP contribution in [-0.4, -0.2) is 10.5 Å². The molecule has 0 radical (unpaired) electrons. The van der Waals surface area contributed by atoms with Crippen molar-refractivity contribution < 1.29 is 9.18 Å². The number of nitrogens with zero attached hydrogens (tertiary/aromatic N) is 2. The van der Waals surface area contributed by atoms with E-state index in [1.165, 1.54) is 56.4 Å². The van der Waals surface area contributed by atoms with Crippen molar-refractivity contribution in [3.05, 3.63) is 58.7 Å². The normalized spacial score (nSPS) is 15.4. The fourth-order valence-electron chi connectivity index (χ4n) is 3.89. The molecular weight excluding hydrogens is 341 g/mol. The zero-order valence-corrected chi connectivity index (χ0v) is 15.8. The van der Waals surface area contributed by atoms with Gasteiger partial charge in [0, 0.05) is 23.1 Å². The lowest BCUT2D eigenvalue weighted by atomic mass is 9.95. The van der Waals surface area contributed by atoms with Crippen LogP contribution >= 0.6 is 0 Å². The first-order chi connectivity index (χ1) is 13.0. The summed E-state index contributed by atoms with van der Waals surface area (Å²) in [6.45, 7) is 4.11. The average molecular weight is 365 g/mol. The molecule has 4 nitrogen and oxygen atoms in total. The third kappa shape index (κ3) is 4.28. The number of aromatic nitrogens is 1. The molecule has 1 amide bonds. The van der Waals surface area contributed by atoms with Crippen LogP contribution in [0.3, 0.4) is 0 Å². The van der Waals surface area contributed by atoms with E-state index in [0.717, 1.165) is 17.0 Å².